The Morgan fingerprint density at radius 3 is 1.32 bits per heavy atom. The number of carbonyl (C=O) groups is 2. The van der Waals surface area contributed by atoms with E-state index >= 15 is 0 Å². The van der Waals surface area contributed by atoms with Gasteiger partial charge in [-0.05, 0) is 78.3 Å². The molecule has 0 radical (unpaired) electrons. The summed E-state index contributed by atoms with van der Waals surface area (Å²) in [7, 11) is 4.36. The van der Waals surface area contributed by atoms with Gasteiger partial charge in [-0.1, -0.05) is 0 Å². The minimum Gasteiger partial charge on any atom is -0.465 e. The fraction of sp³-hybridized carbons (Fsp3) is 0.909. The fourth-order valence-corrected chi connectivity index (χ4v) is 5.99. The van der Waals surface area contributed by atoms with Gasteiger partial charge in [-0.15, -0.1) is 0 Å². The molecule has 2 unspecified atom stereocenters. The third-order valence-electron chi connectivity index (χ3n) is 7.89. The van der Waals surface area contributed by atoms with E-state index in [1.54, 1.807) is 0 Å². The molecule has 6 nitrogen and oxygen atoms in total. The highest BCUT2D eigenvalue weighted by atomic mass is 16.5. The number of nitrogens with zero attached hydrogens (tertiary/aromatic N) is 2. The lowest BCUT2D eigenvalue weighted by molar-refractivity contribution is -0.153. The molecule has 4 bridgehead atoms. The van der Waals surface area contributed by atoms with Crippen LogP contribution in [0.5, 0.6) is 0 Å². The number of hydrogen-bond acceptors (Lipinski definition) is 6. The number of unbranched alkanes of at least 4 members (excludes halogenated alkanes) is 1. The Kier molecular flexibility index (Phi) is 6.26. The van der Waals surface area contributed by atoms with Crippen molar-refractivity contribution in [3.63, 3.8) is 0 Å². The quantitative estimate of drug-likeness (QED) is 0.490. The number of fused-ring (bicyclic) bond motifs is 4. The van der Waals surface area contributed by atoms with Gasteiger partial charge in [0.25, 0.3) is 0 Å². The molecular formula is C22H36N2O4. The molecule has 0 aromatic rings. The van der Waals surface area contributed by atoms with Gasteiger partial charge in [0.2, 0.25) is 0 Å². The summed E-state index contributed by atoms with van der Waals surface area (Å²) < 4.78 is 11.0. The molecule has 0 saturated carbocycles. The molecule has 4 aliphatic rings. The lowest BCUT2D eigenvalue weighted by Crippen LogP contribution is -2.42. The standard InChI is InChI=1S/C22H36N2O4/c1-23-17-5-6-18(23)12-15(11-17)21(25)27-9-3-4-10-28-22(26)16-13-19-7-8-20(14-16)24(19)2/h15-20H,3-14H2,1-2H3/t15?,16?,17-,18+,19-,20+. The molecule has 6 atom stereocenters. The highest BCUT2D eigenvalue weighted by Crippen LogP contribution is 2.38. The zero-order valence-corrected chi connectivity index (χ0v) is 17.5. The van der Waals surface area contributed by atoms with Gasteiger partial charge in [-0.3, -0.25) is 9.59 Å². The van der Waals surface area contributed by atoms with E-state index in [1.165, 1.54) is 25.7 Å². The van der Waals surface area contributed by atoms with Crippen LogP contribution in [0.15, 0.2) is 0 Å². The molecule has 158 valence electrons. The Balaban J connectivity index is 1.07. The molecule has 4 saturated heterocycles. The van der Waals surface area contributed by atoms with E-state index in [4.69, 9.17) is 9.47 Å². The maximum Gasteiger partial charge on any atom is 0.309 e. The van der Waals surface area contributed by atoms with Crippen LogP contribution in [0.4, 0.5) is 0 Å². The van der Waals surface area contributed by atoms with Crippen LogP contribution in [0.3, 0.4) is 0 Å². The van der Waals surface area contributed by atoms with Gasteiger partial charge in [-0.2, -0.15) is 0 Å². The zero-order chi connectivity index (χ0) is 19.7. The first-order chi connectivity index (χ1) is 13.5. The van der Waals surface area contributed by atoms with Crippen molar-refractivity contribution in [1.82, 2.24) is 9.80 Å². The Morgan fingerprint density at radius 1 is 0.679 bits per heavy atom. The van der Waals surface area contributed by atoms with Gasteiger partial charge in [0.15, 0.2) is 0 Å². The minimum absolute atomic E-state index is 0.0243. The first-order valence-electron chi connectivity index (χ1n) is 11.3. The van der Waals surface area contributed by atoms with Gasteiger partial charge in [0.1, 0.15) is 0 Å². The van der Waals surface area contributed by atoms with Crippen LogP contribution in [-0.2, 0) is 19.1 Å². The van der Waals surface area contributed by atoms with Crippen LogP contribution in [-0.4, -0.2) is 73.2 Å². The number of esters is 2. The Hall–Kier alpha value is -1.14. The monoisotopic (exact) mass is 392 g/mol. The number of carbonyl (C=O) groups excluding carboxylic acids is 2. The van der Waals surface area contributed by atoms with Crippen LogP contribution in [0.2, 0.25) is 0 Å². The van der Waals surface area contributed by atoms with Crippen LogP contribution < -0.4 is 0 Å². The average molecular weight is 393 g/mol. The van der Waals surface area contributed by atoms with E-state index in [0.717, 1.165) is 38.5 Å². The fourth-order valence-electron chi connectivity index (χ4n) is 5.99. The first-order valence-corrected chi connectivity index (χ1v) is 11.3. The van der Waals surface area contributed by atoms with E-state index in [1.807, 2.05) is 0 Å². The highest BCUT2D eigenvalue weighted by molar-refractivity contribution is 5.73. The topological polar surface area (TPSA) is 59.1 Å². The highest BCUT2D eigenvalue weighted by Gasteiger charge is 2.42. The number of rotatable bonds is 7. The smallest absolute Gasteiger partial charge is 0.309 e. The van der Waals surface area contributed by atoms with E-state index < -0.39 is 0 Å². The summed E-state index contributed by atoms with van der Waals surface area (Å²) in [5, 5.41) is 0. The van der Waals surface area contributed by atoms with Crippen LogP contribution in [0, 0.1) is 11.8 Å². The second-order valence-electron chi connectivity index (χ2n) is 9.48. The van der Waals surface area contributed by atoms with E-state index in [0.29, 0.717) is 37.4 Å². The second kappa shape index (κ2) is 8.70. The predicted octanol–water partition coefficient (Wildman–Crippen LogP) is 2.60. The summed E-state index contributed by atoms with van der Waals surface area (Å²) in [6.45, 7) is 0.882. The van der Waals surface area contributed by atoms with Gasteiger partial charge in [0.05, 0.1) is 25.0 Å². The van der Waals surface area contributed by atoms with Gasteiger partial charge in [0, 0.05) is 24.2 Å². The molecule has 4 aliphatic heterocycles. The van der Waals surface area contributed by atoms with E-state index in [9.17, 15) is 9.59 Å². The van der Waals surface area contributed by atoms with Crippen LogP contribution in [0.25, 0.3) is 0 Å². The van der Waals surface area contributed by atoms with Crippen LogP contribution >= 0.6 is 0 Å². The number of piperidine rings is 2. The molecular weight excluding hydrogens is 356 g/mol. The molecule has 0 aliphatic carbocycles. The zero-order valence-electron chi connectivity index (χ0n) is 17.5. The maximum absolute atomic E-state index is 12.3. The molecule has 0 spiro atoms. The molecule has 0 amide bonds. The van der Waals surface area contributed by atoms with E-state index in [-0.39, 0.29) is 23.8 Å². The van der Waals surface area contributed by atoms with Crippen molar-refractivity contribution in [3.8, 4) is 0 Å². The number of hydrogen-bond donors (Lipinski definition) is 0. The molecule has 0 aromatic heterocycles. The van der Waals surface area contributed by atoms with Gasteiger partial charge >= 0.3 is 11.9 Å². The van der Waals surface area contributed by atoms with Crippen molar-refractivity contribution in [2.24, 2.45) is 11.8 Å². The summed E-state index contributed by atoms with van der Waals surface area (Å²) >= 11 is 0. The van der Waals surface area contributed by atoms with Gasteiger partial charge in [-0.25, -0.2) is 0 Å². The van der Waals surface area contributed by atoms with Crippen molar-refractivity contribution in [3.05, 3.63) is 0 Å². The summed E-state index contributed by atoms with van der Waals surface area (Å²) in [4.78, 5) is 29.5. The van der Waals surface area contributed by atoms with E-state index in [2.05, 4.69) is 23.9 Å². The molecule has 28 heavy (non-hydrogen) atoms. The maximum atomic E-state index is 12.3. The second-order valence-corrected chi connectivity index (χ2v) is 9.48. The van der Waals surface area contributed by atoms with Crippen molar-refractivity contribution >= 4 is 11.9 Å². The molecule has 0 N–H and O–H groups in total. The van der Waals surface area contributed by atoms with Crippen molar-refractivity contribution in [2.75, 3.05) is 27.3 Å². The predicted molar refractivity (Wildman–Crippen MR) is 106 cm³/mol. The largest absolute Gasteiger partial charge is 0.465 e. The lowest BCUT2D eigenvalue weighted by atomic mass is 9.91. The Morgan fingerprint density at radius 2 is 1.00 bits per heavy atom. The normalized spacial score (nSPS) is 37.8. The van der Waals surface area contributed by atoms with Crippen LogP contribution in [0.1, 0.15) is 64.2 Å². The van der Waals surface area contributed by atoms with Crippen molar-refractivity contribution in [2.45, 2.75) is 88.4 Å². The Labute approximate surface area is 168 Å². The molecule has 4 fully saturated rings. The third-order valence-corrected chi connectivity index (χ3v) is 7.89. The first kappa shape index (κ1) is 20.1. The minimum atomic E-state index is -0.0243. The van der Waals surface area contributed by atoms with Gasteiger partial charge < -0.3 is 19.3 Å². The average Bonchev–Trinajstić information content (AvgIpc) is 3.03. The molecule has 6 heteroatoms. The lowest BCUT2D eigenvalue weighted by Gasteiger charge is -2.35. The summed E-state index contributed by atoms with van der Waals surface area (Å²) in [6.07, 6.45) is 10.2. The Bertz CT molecular complexity index is 505. The summed E-state index contributed by atoms with van der Waals surface area (Å²) in [6, 6.07) is 2.24. The van der Waals surface area contributed by atoms with Crippen molar-refractivity contribution in [1.29, 1.82) is 0 Å². The molecule has 4 heterocycles. The summed E-state index contributed by atoms with van der Waals surface area (Å²) in [5.74, 6) is 0.102. The third kappa shape index (κ3) is 4.23. The number of ether oxygens (including phenoxy) is 2. The SMILES string of the molecule is CN1[C@@H]2CC[C@H]1CC(C(=O)OCCCCOC(=O)C1C[C@H]3CC[C@@H](C1)N3C)C2. The van der Waals surface area contributed by atoms with Crippen molar-refractivity contribution < 1.29 is 19.1 Å². The molecule has 4 rings (SSSR count). The summed E-state index contributed by atoms with van der Waals surface area (Å²) in [5.41, 5.74) is 0. The molecule has 0 aromatic carbocycles.